The molecule has 20 heavy (non-hydrogen) atoms. The fraction of sp³-hybridized carbons (Fsp3) is 1.00. The number of rotatable bonds is 5. The van der Waals surface area contributed by atoms with Crippen molar-refractivity contribution in [2.75, 3.05) is 32.8 Å². The molecule has 2 fully saturated rings. The van der Waals surface area contributed by atoms with Gasteiger partial charge in [0, 0.05) is 25.2 Å². The van der Waals surface area contributed by atoms with Gasteiger partial charge in [-0.3, -0.25) is 9.80 Å². The first-order chi connectivity index (χ1) is 9.56. The normalized spacial score (nSPS) is 31.6. The van der Waals surface area contributed by atoms with Gasteiger partial charge in [-0.25, -0.2) is 0 Å². The first-order valence-electron chi connectivity index (χ1n) is 8.34. The standard InChI is InChI=1S/C16H32N2O2/c1-13(2)17-8-5-7-16(11-17)20-12-14(3)18-9-4-6-15(19)10-18/h13-16,19H,4-12H2,1-3H3/t14?,15?,16-/m0/s1. The number of hydrogen-bond acceptors (Lipinski definition) is 4. The van der Waals surface area contributed by atoms with Crippen LogP contribution in [0.1, 0.15) is 46.5 Å². The second-order valence-corrected chi connectivity index (χ2v) is 6.83. The minimum absolute atomic E-state index is 0.141. The van der Waals surface area contributed by atoms with Crippen molar-refractivity contribution in [3.05, 3.63) is 0 Å². The number of hydrogen-bond donors (Lipinski definition) is 1. The number of aliphatic hydroxyl groups is 1. The van der Waals surface area contributed by atoms with E-state index in [0.717, 1.165) is 39.1 Å². The zero-order valence-corrected chi connectivity index (χ0v) is 13.4. The summed E-state index contributed by atoms with van der Waals surface area (Å²) < 4.78 is 6.15. The number of piperidine rings is 2. The van der Waals surface area contributed by atoms with E-state index in [9.17, 15) is 5.11 Å². The quantitative estimate of drug-likeness (QED) is 0.834. The molecule has 0 aromatic rings. The molecule has 2 saturated heterocycles. The number of ether oxygens (including phenoxy) is 1. The lowest BCUT2D eigenvalue weighted by Crippen LogP contribution is -2.47. The second kappa shape index (κ2) is 7.74. The van der Waals surface area contributed by atoms with Crippen molar-refractivity contribution in [3.63, 3.8) is 0 Å². The Balaban J connectivity index is 1.71. The Labute approximate surface area is 124 Å². The summed E-state index contributed by atoms with van der Waals surface area (Å²) in [7, 11) is 0. The van der Waals surface area contributed by atoms with Crippen LogP contribution in [0.2, 0.25) is 0 Å². The van der Waals surface area contributed by atoms with E-state index in [-0.39, 0.29) is 6.10 Å². The van der Waals surface area contributed by atoms with Crippen molar-refractivity contribution >= 4 is 0 Å². The lowest BCUT2D eigenvalue weighted by molar-refractivity contribution is -0.0413. The predicted molar refractivity (Wildman–Crippen MR) is 82.0 cm³/mol. The van der Waals surface area contributed by atoms with E-state index in [4.69, 9.17) is 4.74 Å². The van der Waals surface area contributed by atoms with Gasteiger partial charge in [-0.2, -0.15) is 0 Å². The van der Waals surface area contributed by atoms with E-state index >= 15 is 0 Å². The third-order valence-electron chi connectivity index (χ3n) is 4.76. The zero-order valence-electron chi connectivity index (χ0n) is 13.4. The summed E-state index contributed by atoms with van der Waals surface area (Å²) in [5.41, 5.74) is 0. The van der Waals surface area contributed by atoms with E-state index in [2.05, 4.69) is 30.6 Å². The van der Waals surface area contributed by atoms with Crippen LogP contribution in [0.15, 0.2) is 0 Å². The molecule has 0 saturated carbocycles. The summed E-state index contributed by atoms with van der Waals surface area (Å²) >= 11 is 0. The Morgan fingerprint density at radius 3 is 2.45 bits per heavy atom. The number of nitrogens with zero attached hydrogens (tertiary/aromatic N) is 2. The molecule has 0 aromatic heterocycles. The molecule has 4 heteroatoms. The van der Waals surface area contributed by atoms with Gasteiger partial charge in [0.1, 0.15) is 0 Å². The lowest BCUT2D eigenvalue weighted by atomic mass is 10.1. The van der Waals surface area contributed by atoms with Crippen LogP contribution in [0.3, 0.4) is 0 Å². The van der Waals surface area contributed by atoms with Gasteiger partial charge in [0.25, 0.3) is 0 Å². The van der Waals surface area contributed by atoms with Crippen LogP contribution in [0.5, 0.6) is 0 Å². The van der Waals surface area contributed by atoms with Crippen LogP contribution in [0.25, 0.3) is 0 Å². The van der Waals surface area contributed by atoms with Gasteiger partial charge >= 0.3 is 0 Å². The Kier molecular flexibility index (Phi) is 6.27. The molecule has 118 valence electrons. The molecule has 0 aliphatic carbocycles. The van der Waals surface area contributed by atoms with E-state index in [1.807, 2.05) is 0 Å². The van der Waals surface area contributed by atoms with E-state index in [0.29, 0.717) is 18.2 Å². The predicted octanol–water partition coefficient (Wildman–Crippen LogP) is 1.72. The summed E-state index contributed by atoms with van der Waals surface area (Å²) in [5, 5.41) is 9.75. The lowest BCUT2D eigenvalue weighted by Gasteiger charge is -2.38. The molecule has 0 bridgehead atoms. The van der Waals surface area contributed by atoms with E-state index in [1.165, 1.54) is 19.4 Å². The zero-order chi connectivity index (χ0) is 14.5. The van der Waals surface area contributed by atoms with Gasteiger partial charge in [0.2, 0.25) is 0 Å². The molecule has 0 spiro atoms. The molecule has 0 radical (unpaired) electrons. The topological polar surface area (TPSA) is 35.9 Å². The fourth-order valence-corrected chi connectivity index (χ4v) is 3.34. The van der Waals surface area contributed by atoms with Crippen LogP contribution in [0.4, 0.5) is 0 Å². The summed E-state index contributed by atoms with van der Waals surface area (Å²) in [4.78, 5) is 4.89. The maximum absolute atomic E-state index is 9.75. The third kappa shape index (κ3) is 4.69. The first kappa shape index (κ1) is 16.2. The van der Waals surface area contributed by atoms with Crippen LogP contribution < -0.4 is 0 Å². The molecule has 4 nitrogen and oxygen atoms in total. The molecule has 2 aliphatic rings. The van der Waals surface area contributed by atoms with Gasteiger partial charge < -0.3 is 9.84 Å². The van der Waals surface area contributed by atoms with Crippen LogP contribution in [0, 0.1) is 0 Å². The van der Waals surface area contributed by atoms with Crippen LogP contribution in [-0.2, 0) is 4.74 Å². The molecule has 2 unspecified atom stereocenters. The van der Waals surface area contributed by atoms with Crippen LogP contribution >= 0.6 is 0 Å². The van der Waals surface area contributed by atoms with E-state index in [1.54, 1.807) is 0 Å². The highest BCUT2D eigenvalue weighted by Gasteiger charge is 2.25. The molecular formula is C16H32N2O2. The van der Waals surface area contributed by atoms with E-state index < -0.39 is 0 Å². The van der Waals surface area contributed by atoms with Crippen molar-refractivity contribution in [1.82, 2.24) is 9.80 Å². The van der Waals surface area contributed by atoms with Gasteiger partial charge in [0.15, 0.2) is 0 Å². The van der Waals surface area contributed by atoms with Crippen molar-refractivity contribution < 1.29 is 9.84 Å². The van der Waals surface area contributed by atoms with Crippen molar-refractivity contribution in [2.45, 2.75) is 70.7 Å². The van der Waals surface area contributed by atoms with Gasteiger partial charge in [-0.15, -0.1) is 0 Å². The molecule has 1 N–H and O–H groups in total. The third-order valence-corrected chi connectivity index (χ3v) is 4.76. The summed E-state index contributed by atoms with van der Waals surface area (Å²) in [6.07, 6.45) is 4.75. The molecule has 2 heterocycles. The SMILES string of the molecule is CC(C)N1CCC[C@H](OCC(C)N2CCCC(O)C2)C1. The van der Waals surface area contributed by atoms with Crippen LogP contribution in [-0.4, -0.2) is 72.0 Å². The molecule has 2 aliphatic heterocycles. The van der Waals surface area contributed by atoms with Crippen molar-refractivity contribution in [1.29, 1.82) is 0 Å². The highest BCUT2D eigenvalue weighted by molar-refractivity contribution is 4.79. The minimum Gasteiger partial charge on any atom is -0.392 e. The Bertz CT molecular complexity index is 284. The average molecular weight is 284 g/mol. The number of β-amino-alcohol motifs (C(OH)–C–C–N with tert-alkyl or cyclic N) is 1. The number of likely N-dealkylation sites (tertiary alicyclic amines) is 2. The minimum atomic E-state index is -0.141. The summed E-state index contributed by atoms with van der Waals surface area (Å²) in [6.45, 7) is 11.8. The Morgan fingerprint density at radius 1 is 1.05 bits per heavy atom. The van der Waals surface area contributed by atoms with Gasteiger partial charge in [-0.1, -0.05) is 0 Å². The highest BCUT2D eigenvalue weighted by atomic mass is 16.5. The highest BCUT2D eigenvalue weighted by Crippen LogP contribution is 2.17. The first-order valence-corrected chi connectivity index (χ1v) is 8.34. The molecule has 0 amide bonds. The summed E-state index contributed by atoms with van der Waals surface area (Å²) in [5.74, 6) is 0. The summed E-state index contributed by atoms with van der Waals surface area (Å²) in [6, 6.07) is 1.04. The Hall–Kier alpha value is -0.160. The Morgan fingerprint density at radius 2 is 1.75 bits per heavy atom. The van der Waals surface area contributed by atoms with Gasteiger partial charge in [-0.05, 0) is 59.5 Å². The second-order valence-electron chi connectivity index (χ2n) is 6.83. The van der Waals surface area contributed by atoms with Crippen molar-refractivity contribution in [2.24, 2.45) is 0 Å². The maximum atomic E-state index is 9.75. The average Bonchev–Trinajstić information content (AvgIpc) is 2.45. The molecule has 3 atom stereocenters. The van der Waals surface area contributed by atoms with Crippen molar-refractivity contribution in [3.8, 4) is 0 Å². The molecule has 0 aromatic carbocycles. The number of aliphatic hydroxyl groups excluding tert-OH is 1. The fourth-order valence-electron chi connectivity index (χ4n) is 3.34. The molecular weight excluding hydrogens is 252 g/mol. The smallest absolute Gasteiger partial charge is 0.0703 e. The largest absolute Gasteiger partial charge is 0.392 e. The monoisotopic (exact) mass is 284 g/mol. The maximum Gasteiger partial charge on any atom is 0.0703 e. The van der Waals surface area contributed by atoms with Gasteiger partial charge in [0.05, 0.1) is 18.8 Å². The molecule has 2 rings (SSSR count).